The number of phenols is 3. The Morgan fingerprint density at radius 3 is 2.13 bits per heavy atom. The first kappa shape index (κ1) is 17.3. The molecule has 0 radical (unpaired) electrons. The third kappa shape index (κ3) is 3.48. The van der Waals surface area contributed by atoms with Gasteiger partial charge in [0.1, 0.15) is 12.2 Å². The summed E-state index contributed by atoms with van der Waals surface area (Å²) in [5, 5.41) is 66.3. The van der Waals surface area contributed by atoms with Crippen LogP contribution in [-0.4, -0.2) is 72.7 Å². The van der Waals surface area contributed by atoms with Crippen molar-refractivity contribution in [1.82, 2.24) is 0 Å². The van der Waals surface area contributed by atoms with E-state index in [1.165, 1.54) is 0 Å². The fourth-order valence-electron chi connectivity index (χ4n) is 2.45. The Kier molecular flexibility index (Phi) is 4.95. The summed E-state index contributed by atoms with van der Waals surface area (Å²) in [6, 6.07) is 1.78. The fraction of sp³-hybridized carbons (Fsp3) is 0.500. The molecular formula is C14H18O9. The number of rotatable bonds is 3. The van der Waals surface area contributed by atoms with Crippen LogP contribution in [0.4, 0.5) is 0 Å². The lowest BCUT2D eigenvalue weighted by atomic mass is 9.81. The molecule has 23 heavy (non-hydrogen) atoms. The average molecular weight is 330 g/mol. The van der Waals surface area contributed by atoms with Crippen molar-refractivity contribution in [3.63, 3.8) is 0 Å². The molecule has 128 valence electrons. The topological polar surface area (TPSA) is 168 Å². The van der Waals surface area contributed by atoms with Crippen LogP contribution in [-0.2, 0) is 4.74 Å². The lowest BCUT2D eigenvalue weighted by Crippen LogP contribution is -2.54. The van der Waals surface area contributed by atoms with Crippen LogP contribution in [0.15, 0.2) is 12.1 Å². The standard InChI is InChI=1S/C14H18O9/c15-7-1-5(2-8(16)11(7)19)14(22)23-4-6-3-9(17)12(20)13(21)10(6)18/h1-2,6,9-10,12-13,15-21H,3-4H2. The average Bonchev–Trinajstić information content (AvgIpc) is 2.51. The molecule has 5 unspecified atom stereocenters. The summed E-state index contributed by atoms with van der Waals surface area (Å²) in [5.74, 6) is -3.93. The van der Waals surface area contributed by atoms with Gasteiger partial charge >= 0.3 is 5.97 Å². The van der Waals surface area contributed by atoms with Crippen LogP contribution in [0, 0.1) is 5.92 Å². The lowest BCUT2D eigenvalue weighted by molar-refractivity contribution is -0.163. The van der Waals surface area contributed by atoms with Gasteiger partial charge in [-0.25, -0.2) is 4.79 Å². The van der Waals surface area contributed by atoms with Crippen LogP contribution in [0.25, 0.3) is 0 Å². The molecule has 0 aromatic heterocycles. The summed E-state index contributed by atoms with van der Waals surface area (Å²) in [7, 11) is 0. The molecule has 1 aromatic rings. The number of carbonyl (C=O) groups excluding carboxylic acids is 1. The van der Waals surface area contributed by atoms with Gasteiger partial charge in [0.05, 0.1) is 24.4 Å². The summed E-state index contributed by atoms with van der Waals surface area (Å²) >= 11 is 0. The number of hydrogen-bond donors (Lipinski definition) is 7. The first-order valence-electron chi connectivity index (χ1n) is 6.86. The first-order valence-corrected chi connectivity index (χ1v) is 6.86. The molecule has 0 spiro atoms. The number of aromatic hydroxyl groups is 3. The van der Waals surface area contributed by atoms with E-state index in [0.717, 1.165) is 12.1 Å². The van der Waals surface area contributed by atoms with Crippen LogP contribution >= 0.6 is 0 Å². The van der Waals surface area contributed by atoms with E-state index in [1.807, 2.05) is 0 Å². The number of carbonyl (C=O) groups is 1. The number of hydrogen-bond acceptors (Lipinski definition) is 9. The largest absolute Gasteiger partial charge is 0.504 e. The number of phenolic OH excluding ortho intramolecular Hbond substituents is 3. The number of aliphatic hydroxyl groups is 4. The van der Waals surface area contributed by atoms with Crippen molar-refractivity contribution in [3.05, 3.63) is 17.7 Å². The van der Waals surface area contributed by atoms with Crippen molar-refractivity contribution in [2.24, 2.45) is 5.92 Å². The number of aliphatic hydroxyl groups excluding tert-OH is 4. The monoisotopic (exact) mass is 330 g/mol. The van der Waals surface area contributed by atoms with Gasteiger partial charge < -0.3 is 40.5 Å². The summed E-state index contributed by atoms with van der Waals surface area (Å²) in [6.45, 7) is -0.358. The normalized spacial score (nSPS) is 30.9. The Balaban J connectivity index is 2.02. The molecule has 7 N–H and O–H groups in total. The molecule has 1 fully saturated rings. The van der Waals surface area contributed by atoms with Gasteiger partial charge in [-0.15, -0.1) is 0 Å². The molecule has 1 aromatic carbocycles. The predicted octanol–water partition coefficient (Wildman–Crippen LogP) is -1.58. The zero-order valence-electron chi connectivity index (χ0n) is 11.9. The van der Waals surface area contributed by atoms with Gasteiger partial charge in [0.2, 0.25) is 0 Å². The lowest BCUT2D eigenvalue weighted by Gasteiger charge is -2.37. The second-order valence-electron chi connectivity index (χ2n) is 5.50. The molecule has 0 saturated heterocycles. The molecule has 2 rings (SSSR count). The van der Waals surface area contributed by atoms with E-state index in [0.29, 0.717) is 0 Å². The first-order chi connectivity index (χ1) is 10.7. The fourth-order valence-corrected chi connectivity index (χ4v) is 2.45. The smallest absolute Gasteiger partial charge is 0.338 e. The maximum absolute atomic E-state index is 11.9. The van der Waals surface area contributed by atoms with Gasteiger partial charge in [-0.1, -0.05) is 0 Å². The maximum Gasteiger partial charge on any atom is 0.338 e. The van der Waals surface area contributed by atoms with Gasteiger partial charge in [0, 0.05) is 5.92 Å². The highest BCUT2D eigenvalue weighted by molar-refractivity contribution is 5.91. The Morgan fingerprint density at radius 1 is 1.00 bits per heavy atom. The van der Waals surface area contributed by atoms with Crippen LogP contribution in [0.1, 0.15) is 16.8 Å². The van der Waals surface area contributed by atoms with Crippen LogP contribution < -0.4 is 0 Å². The molecule has 0 aliphatic heterocycles. The minimum Gasteiger partial charge on any atom is -0.504 e. The highest BCUT2D eigenvalue weighted by Crippen LogP contribution is 2.35. The Hall–Kier alpha value is -2.07. The van der Waals surface area contributed by atoms with Gasteiger partial charge in [-0.2, -0.15) is 0 Å². The van der Waals surface area contributed by atoms with Gasteiger partial charge in [0.25, 0.3) is 0 Å². The van der Waals surface area contributed by atoms with E-state index in [9.17, 15) is 40.5 Å². The summed E-state index contributed by atoms with van der Waals surface area (Å²) < 4.78 is 4.91. The van der Waals surface area contributed by atoms with Crippen molar-refractivity contribution in [2.45, 2.75) is 30.8 Å². The molecule has 9 heteroatoms. The molecule has 0 heterocycles. The molecule has 9 nitrogen and oxygen atoms in total. The van der Waals surface area contributed by atoms with Crippen LogP contribution in [0.2, 0.25) is 0 Å². The van der Waals surface area contributed by atoms with E-state index >= 15 is 0 Å². The second-order valence-corrected chi connectivity index (χ2v) is 5.50. The zero-order chi connectivity index (χ0) is 17.3. The van der Waals surface area contributed by atoms with Gasteiger partial charge in [-0.3, -0.25) is 0 Å². The number of benzene rings is 1. The molecule has 0 amide bonds. The summed E-state index contributed by atoms with van der Waals surface area (Å²) in [4.78, 5) is 11.9. The molecular weight excluding hydrogens is 312 g/mol. The van der Waals surface area contributed by atoms with E-state index in [-0.39, 0.29) is 18.6 Å². The van der Waals surface area contributed by atoms with E-state index in [4.69, 9.17) is 4.74 Å². The van der Waals surface area contributed by atoms with Crippen molar-refractivity contribution in [1.29, 1.82) is 0 Å². The zero-order valence-corrected chi connectivity index (χ0v) is 11.9. The van der Waals surface area contributed by atoms with Crippen LogP contribution in [0.3, 0.4) is 0 Å². The van der Waals surface area contributed by atoms with Crippen molar-refractivity contribution in [2.75, 3.05) is 6.61 Å². The highest BCUT2D eigenvalue weighted by atomic mass is 16.5. The Labute approximate surface area is 130 Å². The number of ether oxygens (including phenoxy) is 1. The van der Waals surface area contributed by atoms with Gasteiger partial charge in [0.15, 0.2) is 17.2 Å². The summed E-state index contributed by atoms with van der Waals surface area (Å²) in [6.07, 6.45) is -5.78. The minimum atomic E-state index is -1.57. The van der Waals surface area contributed by atoms with E-state index in [2.05, 4.69) is 0 Å². The van der Waals surface area contributed by atoms with E-state index in [1.54, 1.807) is 0 Å². The third-order valence-electron chi connectivity index (χ3n) is 3.86. The molecule has 1 saturated carbocycles. The third-order valence-corrected chi connectivity index (χ3v) is 3.86. The highest BCUT2D eigenvalue weighted by Gasteiger charge is 2.42. The summed E-state index contributed by atoms with van der Waals surface area (Å²) in [5.41, 5.74) is -0.232. The Bertz CT molecular complexity index is 565. The SMILES string of the molecule is O=C(OCC1CC(O)C(O)C(O)C1O)c1cc(O)c(O)c(O)c1. The maximum atomic E-state index is 11.9. The minimum absolute atomic E-state index is 0.0846. The van der Waals surface area contributed by atoms with Crippen LogP contribution in [0.5, 0.6) is 17.2 Å². The van der Waals surface area contributed by atoms with Crippen molar-refractivity contribution < 1.29 is 45.3 Å². The quantitative estimate of drug-likeness (QED) is 0.255. The van der Waals surface area contributed by atoms with Gasteiger partial charge in [-0.05, 0) is 18.6 Å². The molecule has 1 aliphatic carbocycles. The van der Waals surface area contributed by atoms with Crippen molar-refractivity contribution >= 4 is 5.97 Å². The predicted molar refractivity (Wildman–Crippen MR) is 73.9 cm³/mol. The Morgan fingerprint density at radius 2 is 1.57 bits per heavy atom. The van der Waals surface area contributed by atoms with E-state index < -0.39 is 53.6 Å². The molecule has 0 bridgehead atoms. The number of esters is 1. The molecule has 5 atom stereocenters. The molecule has 1 aliphatic rings. The second kappa shape index (κ2) is 6.59. The van der Waals surface area contributed by atoms with Crippen molar-refractivity contribution in [3.8, 4) is 17.2 Å².